The smallest absolute Gasteiger partial charge is 0.319 e. The van der Waals surface area contributed by atoms with Crippen LogP contribution < -0.4 is 0 Å². The van der Waals surface area contributed by atoms with Gasteiger partial charge in [-0.15, -0.1) is 0 Å². The molecule has 0 aromatic rings. The molecule has 6 heteroatoms. The summed E-state index contributed by atoms with van der Waals surface area (Å²) in [7, 11) is 0. The van der Waals surface area contributed by atoms with E-state index >= 15 is 0 Å². The molecule has 0 saturated carbocycles. The van der Waals surface area contributed by atoms with Gasteiger partial charge < -0.3 is 30.3 Å². The normalized spacial score (nSPS) is 36.4. The molecule has 0 unspecified atom stereocenters. The Morgan fingerprint density at radius 2 is 1.83 bits per heavy atom. The molecule has 0 saturated heterocycles. The zero-order valence-electron chi connectivity index (χ0n) is 6.08. The van der Waals surface area contributed by atoms with Crippen molar-refractivity contribution in [1.29, 1.82) is 0 Å². The van der Waals surface area contributed by atoms with E-state index in [1.807, 2.05) is 0 Å². The van der Waals surface area contributed by atoms with E-state index in [-0.39, 0.29) is 0 Å². The Morgan fingerprint density at radius 1 is 1.25 bits per heavy atom. The summed E-state index contributed by atoms with van der Waals surface area (Å²) < 4.78 is 4.46. The highest BCUT2D eigenvalue weighted by atomic mass is 16.6. The van der Waals surface area contributed by atoms with Crippen molar-refractivity contribution in [2.24, 2.45) is 0 Å². The number of hydrogen-bond donors (Lipinski definition) is 5. The molecule has 12 heavy (non-hydrogen) atoms. The van der Waals surface area contributed by atoms with E-state index in [1.54, 1.807) is 0 Å². The number of aliphatic hydroxyl groups excluding tert-OH is 5. The van der Waals surface area contributed by atoms with Gasteiger partial charge in [0.05, 0.1) is 6.61 Å². The lowest BCUT2D eigenvalue weighted by Gasteiger charge is -2.29. The SMILES string of the molecule is OC[C@@H]1OC(O)=C(O)[C@H](O)[C@@H]1O. The van der Waals surface area contributed by atoms with Gasteiger partial charge in [-0.05, 0) is 0 Å². The second kappa shape index (κ2) is 3.18. The molecule has 0 radical (unpaired) electrons. The standard InChI is InChI=1S/C6H10O6/c7-1-2-3(8)4(9)5(10)6(11)12-2/h2-4,7-11H,1H2/t2-,3+,4+/m0/s1. The van der Waals surface area contributed by atoms with Gasteiger partial charge in [0.15, 0.2) is 6.10 Å². The summed E-state index contributed by atoms with van der Waals surface area (Å²) in [5, 5.41) is 44.3. The first-order chi connectivity index (χ1) is 5.57. The number of aliphatic hydroxyl groups is 5. The molecular weight excluding hydrogens is 168 g/mol. The Balaban J connectivity index is 2.83. The first-order valence-electron chi connectivity index (χ1n) is 3.33. The van der Waals surface area contributed by atoms with Crippen LogP contribution in [0.4, 0.5) is 0 Å². The van der Waals surface area contributed by atoms with Crippen molar-refractivity contribution in [3.8, 4) is 0 Å². The van der Waals surface area contributed by atoms with E-state index in [0.717, 1.165) is 0 Å². The fourth-order valence-electron chi connectivity index (χ4n) is 0.910. The van der Waals surface area contributed by atoms with Crippen LogP contribution in [-0.4, -0.2) is 50.5 Å². The van der Waals surface area contributed by atoms with Crippen molar-refractivity contribution >= 4 is 0 Å². The van der Waals surface area contributed by atoms with Crippen molar-refractivity contribution in [2.45, 2.75) is 18.3 Å². The van der Waals surface area contributed by atoms with Gasteiger partial charge >= 0.3 is 5.95 Å². The van der Waals surface area contributed by atoms with Gasteiger partial charge in [-0.1, -0.05) is 0 Å². The maximum Gasteiger partial charge on any atom is 0.319 e. The molecule has 1 rings (SSSR count). The van der Waals surface area contributed by atoms with E-state index in [0.29, 0.717) is 0 Å². The number of ether oxygens (including phenoxy) is 1. The van der Waals surface area contributed by atoms with E-state index < -0.39 is 36.6 Å². The fraction of sp³-hybridized carbons (Fsp3) is 0.667. The molecule has 0 fully saturated rings. The Bertz CT molecular complexity index is 200. The second-order valence-electron chi connectivity index (χ2n) is 2.46. The molecule has 0 aromatic carbocycles. The van der Waals surface area contributed by atoms with E-state index in [2.05, 4.69) is 4.74 Å². The van der Waals surface area contributed by atoms with Crippen LogP contribution in [-0.2, 0) is 4.74 Å². The molecule has 0 amide bonds. The molecule has 6 nitrogen and oxygen atoms in total. The zero-order chi connectivity index (χ0) is 9.30. The zero-order valence-corrected chi connectivity index (χ0v) is 6.08. The van der Waals surface area contributed by atoms with E-state index in [1.165, 1.54) is 0 Å². The summed E-state index contributed by atoms with van der Waals surface area (Å²) >= 11 is 0. The lowest BCUT2D eigenvalue weighted by molar-refractivity contribution is -0.137. The van der Waals surface area contributed by atoms with Crippen LogP contribution in [0.2, 0.25) is 0 Å². The van der Waals surface area contributed by atoms with Crippen LogP contribution >= 0.6 is 0 Å². The average molecular weight is 178 g/mol. The number of hydrogen-bond acceptors (Lipinski definition) is 6. The third-order valence-corrected chi connectivity index (χ3v) is 1.65. The molecule has 70 valence electrons. The lowest BCUT2D eigenvalue weighted by atomic mass is 10.1. The van der Waals surface area contributed by atoms with Gasteiger partial charge in [0.1, 0.15) is 12.2 Å². The maximum atomic E-state index is 9.09. The van der Waals surface area contributed by atoms with Crippen LogP contribution in [0.5, 0.6) is 0 Å². The summed E-state index contributed by atoms with van der Waals surface area (Å²) in [6, 6.07) is 0. The van der Waals surface area contributed by atoms with Gasteiger partial charge in [0.2, 0.25) is 5.76 Å². The van der Waals surface area contributed by atoms with Crippen molar-refractivity contribution in [1.82, 2.24) is 0 Å². The van der Waals surface area contributed by atoms with Crippen molar-refractivity contribution in [3.63, 3.8) is 0 Å². The molecule has 0 spiro atoms. The second-order valence-corrected chi connectivity index (χ2v) is 2.46. The quantitative estimate of drug-likeness (QED) is 0.330. The minimum Gasteiger partial charge on any atom is -0.504 e. The molecule has 5 N–H and O–H groups in total. The molecule has 0 aliphatic carbocycles. The van der Waals surface area contributed by atoms with Gasteiger partial charge in [-0.2, -0.15) is 0 Å². The van der Waals surface area contributed by atoms with Crippen molar-refractivity contribution in [3.05, 3.63) is 11.7 Å². The first kappa shape index (κ1) is 9.11. The van der Waals surface area contributed by atoms with Crippen molar-refractivity contribution < 1.29 is 30.3 Å². The van der Waals surface area contributed by atoms with Crippen LogP contribution in [0.1, 0.15) is 0 Å². The molecule has 0 aromatic heterocycles. The topological polar surface area (TPSA) is 110 Å². The predicted molar refractivity (Wildman–Crippen MR) is 36.3 cm³/mol. The fourth-order valence-corrected chi connectivity index (χ4v) is 0.910. The van der Waals surface area contributed by atoms with Gasteiger partial charge in [-0.3, -0.25) is 0 Å². The Hall–Kier alpha value is -0.980. The van der Waals surface area contributed by atoms with Crippen LogP contribution in [0, 0.1) is 0 Å². The van der Waals surface area contributed by atoms with Gasteiger partial charge in [-0.25, -0.2) is 0 Å². The summed E-state index contributed by atoms with van der Waals surface area (Å²) in [6.45, 7) is -0.560. The third kappa shape index (κ3) is 1.31. The van der Waals surface area contributed by atoms with Gasteiger partial charge in [0, 0.05) is 0 Å². The minimum absolute atomic E-state index is 0.560. The Labute approximate surface area is 68.0 Å². The molecule has 1 heterocycles. The third-order valence-electron chi connectivity index (χ3n) is 1.65. The van der Waals surface area contributed by atoms with Gasteiger partial charge in [0.25, 0.3) is 0 Å². The van der Waals surface area contributed by atoms with Crippen LogP contribution in [0.3, 0.4) is 0 Å². The monoisotopic (exact) mass is 178 g/mol. The summed E-state index contributed by atoms with van der Waals surface area (Å²) in [5.74, 6) is -1.70. The van der Waals surface area contributed by atoms with E-state index in [4.69, 9.17) is 25.5 Å². The predicted octanol–water partition coefficient (Wildman–Crippen LogP) is -1.62. The maximum absolute atomic E-state index is 9.09. The Morgan fingerprint density at radius 3 is 2.33 bits per heavy atom. The molecule has 1 aliphatic heterocycles. The molecule has 0 bridgehead atoms. The largest absolute Gasteiger partial charge is 0.504 e. The molecule has 1 aliphatic rings. The van der Waals surface area contributed by atoms with Crippen LogP contribution in [0.25, 0.3) is 0 Å². The first-order valence-corrected chi connectivity index (χ1v) is 3.33. The van der Waals surface area contributed by atoms with Crippen molar-refractivity contribution in [2.75, 3.05) is 6.61 Å². The highest BCUT2D eigenvalue weighted by molar-refractivity contribution is 5.07. The molecule has 3 atom stereocenters. The highest BCUT2D eigenvalue weighted by Gasteiger charge is 2.37. The lowest BCUT2D eigenvalue weighted by Crippen LogP contribution is -2.46. The van der Waals surface area contributed by atoms with Crippen LogP contribution in [0.15, 0.2) is 11.7 Å². The highest BCUT2D eigenvalue weighted by Crippen LogP contribution is 2.20. The average Bonchev–Trinajstić information content (AvgIpc) is 2.08. The number of rotatable bonds is 1. The van der Waals surface area contributed by atoms with E-state index in [9.17, 15) is 0 Å². The molecular formula is C6H10O6. The summed E-state index contributed by atoms with van der Waals surface area (Å²) in [6.07, 6.45) is -4.17. The minimum atomic E-state index is -1.61. The Kier molecular flexibility index (Phi) is 2.41. The summed E-state index contributed by atoms with van der Waals surface area (Å²) in [5.41, 5.74) is 0. The summed E-state index contributed by atoms with van der Waals surface area (Å²) in [4.78, 5) is 0.